The molecule has 37 heavy (non-hydrogen) atoms. The number of rotatable bonds is 9. The number of amides is 1. The van der Waals surface area contributed by atoms with E-state index in [-0.39, 0.29) is 10.8 Å². The highest BCUT2D eigenvalue weighted by Gasteiger charge is 2.27. The summed E-state index contributed by atoms with van der Waals surface area (Å²) in [7, 11) is -3.65. The van der Waals surface area contributed by atoms with Crippen LogP contribution in [0.3, 0.4) is 0 Å². The Balaban J connectivity index is 1.44. The van der Waals surface area contributed by atoms with E-state index in [1.807, 2.05) is 37.4 Å². The molecule has 0 saturated carbocycles. The quantitative estimate of drug-likeness (QED) is 0.320. The predicted molar refractivity (Wildman–Crippen MR) is 141 cm³/mol. The van der Waals surface area contributed by atoms with Crippen molar-refractivity contribution in [3.8, 4) is 5.75 Å². The van der Waals surface area contributed by atoms with Crippen molar-refractivity contribution in [1.29, 1.82) is 0 Å². The summed E-state index contributed by atoms with van der Waals surface area (Å²) in [5.41, 5.74) is 1.07. The SMILES string of the molecule is CCOc1cccc2sc(N(CCn3cccn3)C(=O)c3ccc(S(=O)(=O)N4CCOCC4)cc3)nc12. The average Bonchev–Trinajstić information content (AvgIpc) is 3.60. The van der Waals surface area contributed by atoms with Gasteiger partial charge >= 0.3 is 0 Å². The van der Waals surface area contributed by atoms with Gasteiger partial charge in [0.15, 0.2) is 5.13 Å². The number of sulfonamides is 1. The van der Waals surface area contributed by atoms with Gasteiger partial charge in [-0.05, 0) is 49.4 Å². The molecule has 194 valence electrons. The number of benzene rings is 2. The van der Waals surface area contributed by atoms with E-state index in [1.165, 1.54) is 27.8 Å². The first-order chi connectivity index (χ1) is 18.0. The lowest BCUT2D eigenvalue weighted by Crippen LogP contribution is -2.40. The molecule has 1 fully saturated rings. The molecule has 2 aromatic heterocycles. The first kappa shape index (κ1) is 25.3. The van der Waals surface area contributed by atoms with Crippen LogP contribution in [0.4, 0.5) is 5.13 Å². The van der Waals surface area contributed by atoms with Crippen LogP contribution in [0.25, 0.3) is 10.2 Å². The summed E-state index contributed by atoms with van der Waals surface area (Å²) >= 11 is 1.40. The molecule has 2 aromatic carbocycles. The van der Waals surface area contributed by atoms with Gasteiger partial charge in [-0.1, -0.05) is 17.4 Å². The van der Waals surface area contributed by atoms with E-state index in [0.717, 1.165) is 4.70 Å². The zero-order chi connectivity index (χ0) is 25.8. The highest BCUT2D eigenvalue weighted by molar-refractivity contribution is 7.89. The Morgan fingerprint density at radius 3 is 2.62 bits per heavy atom. The number of morpholine rings is 1. The van der Waals surface area contributed by atoms with Crippen LogP contribution >= 0.6 is 11.3 Å². The van der Waals surface area contributed by atoms with E-state index in [9.17, 15) is 13.2 Å². The molecule has 1 amide bonds. The standard InChI is InChI=1S/C25H27N5O5S2/c1-2-35-21-5-3-6-22-23(21)27-25(36-22)30(14-13-28-12-4-11-26-28)24(31)19-7-9-20(10-8-19)37(32,33)29-15-17-34-18-16-29/h3-12H,2,13-18H2,1H3. The zero-order valence-electron chi connectivity index (χ0n) is 20.3. The van der Waals surface area contributed by atoms with E-state index >= 15 is 0 Å². The number of carbonyl (C=O) groups excluding carboxylic acids is 1. The molecule has 0 atom stereocenters. The summed E-state index contributed by atoms with van der Waals surface area (Å²) in [5.74, 6) is 0.388. The van der Waals surface area contributed by atoms with Crippen molar-refractivity contribution in [3.63, 3.8) is 0 Å². The maximum absolute atomic E-state index is 13.7. The molecule has 0 unspecified atom stereocenters. The Kier molecular flexibility index (Phi) is 7.51. The molecule has 0 radical (unpaired) electrons. The number of ether oxygens (including phenoxy) is 2. The van der Waals surface area contributed by atoms with Gasteiger partial charge in [-0.25, -0.2) is 13.4 Å². The smallest absolute Gasteiger partial charge is 0.260 e. The molecular formula is C25H27N5O5S2. The summed E-state index contributed by atoms with van der Waals surface area (Å²) in [6.07, 6.45) is 3.52. The topological polar surface area (TPSA) is 107 Å². The number of para-hydroxylation sites is 1. The Morgan fingerprint density at radius 1 is 1.14 bits per heavy atom. The summed E-state index contributed by atoms with van der Waals surface area (Å²) in [5, 5.41) is 4.77. The summed E-state index contributed by atoms with van der Waals surface area (Å²) in [6, 6.07) is 13.6. The highest BCUT2D eigenvalue weighted by Crippen LogP contribution is 2.35. The fraction of sp³-hybridized carbons (Fsp3) is 0.320. The largest absolute Gasteiger partial charge is 0.492 e. The summed E-state index contributed by atoms with van der Waals surface area (Å²) < 4.78 is 41.0. The third-order valence-electron chi connectivity index (χ3n) is 5.97. The maximum atomic E-state index is 13.7. The van der Waals surface area contributed by atoms with Crippen molar-refractivity contribution < 1.29 is 22.7 Å². The average molecular weight is 542 g/mol. The minimum absolute atomic E-state index is 0.149. The number of hydrogen-bond donors (Lipinski definition) is 0. The second-order valence-electron chi connectivity index (χ2n) is 8.30. The first-order valence-corrected chi connectivity index (χ1v) is 14.2. The van der Waals surface area contributed by atoms with Crippen molar-refractivity contribution in [2.45, 2.75) is 18.4 Å². The minimum atomic E-state index is -3.65. The fourth-order valence-electron chi connectivity index (χ4n) is 4.08. The third-order valence-corrected chi connectivity index (χ3v) is 8.92. The highest BCUT2D eigenvalue weighted by atomic mass is 32.2. The monoisotopic (exact) mass is 541 g/mol. The number of anilines is 1. The molecule has 0 spiro atoms. The van der Waals surface area contributed by atoms with E-state index in [0.29, 0.717) is 68.0 Å². The molecule has 5 rings (SSSR count). The van der Waals surface area contributed by atoms with Crippen LogP contribution in [0, 0.1) is 0 Å². The number of nitrogens with zero attached hydrogens (tertiary/aromatic N) is 5. The van der Waals surface area contributed by atoms with Gasteiger partial charge in [0, 0.05) is 37.6 Å². The zero-order valence-corrected chi connectivity index (χ0v) is 22.0. The van der Waals surface area contributed by atoms with Crippen LogP contribution < -0.4 is 9.64 Å². The maximum Gasteiger partial charge on any atom is 0.260 e. The Hall–Kier alpha value is -3.32. The second-order valence-corrected chi connectivity index (χ2v) is 11.2. The van der Waals surface area contributed by atoms with Gasteiger partial charge in [-0.2, -0.15) is 9.40 Å². The normalized spacial score (nSPS) is 14.6. The Bertz CT molecular complexity index is 1460. The number of aromatic nitrogens is 3. The molecular weight excluding hydrogens is 514 g/mol. The molecule has 1 saturated heterocycles. The van der Waals surface area contributed by atoms with Crippen molar-refractivity contribution in [3.05, 3.63) is 66.5 Å². The van der Waals surface area contributed by atoms with Gasteiger partial charge in [0.2, 0.25) is 10.0 Å². The van der Waals surface area contributed by atoms with Crippen molar-refractivity contribution in [2.24, 2.45) is 0 Å². The van der Waals surface area contributed by atoms with Gasteiger partial charge in [0.1, 0.15) is 11.3 Å². The van der Waals surface area contributed by atoms with E-state index < -0.39 is 10.0 Å². The minimum Gasteiger partial charge on any atom is -0.492 e. The molecule has 1 aliphatic rings. The third kappa shape index (κ3) is 5.37. The molecule has 0 aliphatic carbocycles. The van der Waals surface area contributed by atoms with Crippen LogP contribution in [0.15, 0.2) is 65.8 Å². The molecule has 1 aliphatic heterocycles. The predicted octanol–water partition coefficient (Wildman–Crippen LogP) is 3.26. The van der Waals surface area contributed by atoms with E-state index in [2.05, 4.69) is 5.10 Å². The van der Waals surface area contributed by atoms with Gasteiger partial charge in [0.05, 0.1) is 36.0 Å². The fourth-order valence-corrected chi connectivity index (χ4v) is 6.50. The lowest BCUT2D eigenvalue weighted by molar-refractivity contribution is 0.0730. The lowest BCUT2D eigenvalue weighted by Gasteiger charge is -2.26. The van der Waals surface area contributed by atoms with Gasteiger partial charge < -0.3 is 9.47 Å². The molecule has 10 nitrogen and oxygen atoms in total. The van der Waals surface area contributed by atoms with Crippen LogP contribution in [0.5, 0.6) is 5.75 Å². The van der Waals surface area contributed by atoms with Crippen LogP contribution in [0.2, 0.25) is 0 Å². The number of fused-ring (bicyclic) bond motifs is 1. The van der Waals surface area contributed by atoms with Crippen molar-refractivity contribution >= 4 is 42.6 Å². The molecule has 0 bridgehead atoms. The summed E-state index contributed by atoms with van der Waals surface area (Å²) in [6.45, 7) is 4.58. The van der Waals surface area contributed by atoms with Crippen LogP contribution in [0.1, 0.15) is 17.3 Å². The molecule has 3 heterocycles. The van der Waals surface area contributed by atoms with Gasteiger partial charge in [-0.3, -0.25) is 14.4 Å². The van der Waals surface area contributed by atoms with Crippen molar-refractivity contribution in [2.75, 3.05) is 44.4 Å². The van der Waals surface area contributed by atoms with Crippen LogP contribution in [-0.4, -0.2) is 72.8 Å². The number of hydrogen-bond acceptors (Lipinski definition) is 8. The molecule has 12 heteroatoms. The van der Waals surface area contributed by atoms with Crippen LogP contribution in [-0.2, 0) is 21.3 Å². The first-order valence-electron chi connectivity index (χ1n) is 12.0. The number of thiazole rings is 1. The lowest BCUT2D eigenvalue weighted by atomic mass is 10.2. The van der Waals surface area contributed by atoms with E-state index in [1.54, 1.807) is 27.9 Å². The Labute approximate surface area is 219 Å². The van der Waals surface area contributed by atoms with E-state index in [4.69, 9.17) is 14.5 Å². The Morgan fingerprint density at radius 2 is 1.92 bits per heavy atom. The summed E-state index contributed by atoms with van der Waals surface area (Å²) in [4.78, 5) is 20.2. The second kappa shape index (κ2) is 11.0. The molecule has 4 aromatic rings. The molecule has 0 N–H and O–H groups in total. The number of carbonyl (C=O) groups is 1. The van der Waals surface area contributed by atoms with Crippen molar-refractivity contribution in [1.82, 2.24) is 19.1 Å². The van der Waals surface area contributed by atoms with Gasteiger partial charge in [-0.15, -0.1) is 0 Å². The van der Waals surface area contributed by atoms with Gasteiger partial charge in [0.25, 0.3) is 5.91 Å².